The molecule has 0 bridgehead atoms. The summed E-state index contributed by atoms with van der Waals surface area (Å²) < 4.78 is 7.16. The minimum atomic E-state index is -0.217. The van der Waals surface area contributed by atoms with Crippen molar-refractivity contribution in [2.75, 3.05) is 25.0 Å². The molecule has 1 aromatic carbocycles. The molecule has 6 heteroatoms. The van der Waals surface area contributed by atoms with Crippen LogP contribution in [-0.2, 0) is 23.1 Å². The average Bonchev–Trinajstić information content (AvgIpc) is 2.60. The first-order chi connectivity index (χ1) is 12.1. The van der Waals surface area contributed by atoms with Gasteiger partial charge in [0.25, 0.3) is 5.56 Å². The number of carbonyl (C=O) groups is 1. The summed E-state index contributed by atoms with van der Waals surface area (Å²) in [7, 11) is 1.66. The van der Waals surface area contributed by atoms with E-state index >= 15 is 0 Å². The SMILES string of the molecule is Cn1cccc(NC(=O)CC2CN(Cc3ccccc3)CCO2)c1=O. The number of nitrogens with zero attached hydrogens (tertiary/aromatic N) is 2. The van der Waals surface area contributed by atoms with Crippen LogP contribution in [0.25, 0.3) is 0 Å². The van der Waals surface area contributed by atoms with Crippen molar-refractivity contribution in [1.29, 1.82) is 0 Å². The molecule has 1 aromatic heterocycles. The minimum absolute atomic E-state index is 0.162. The van der Waals surface area contributed by atoms with E-state index < -0.39 is 0 Å². The maximum Gasteiger partial charge on any atom is 0.274 e. The Labute approximate surface area is 147 Å². The number of morpholine rings is 1. The molecule has 2 heterocycles. The highest BCUT2D eigenvalue weighted by atomic mass is 16.5. The highest BCUT2D eigenvalue weighted by molar-refractivity contribution is 5.90. The fourth-order valence-electron chi connectivity index (χ4n) is 2.99. The molecule has 0 spiro atoms. The van der Waals surface area contributed by atoms with Crippen LogP contribution in [0.5, 0.6) is 0 Å². The van der Waals surface area contributed by atoms with Crippen molar-refractivity contribution in [3.63, 3.8) is 0 Å². The van der Waals surface area contributed by atoms with Gasteiger partial charge in [-0.25, -0.2) is 0 Å². The maximum atomic E-state index is 12.3. The summed E-state index contributed by atoms with van der Waals surface area (Å²) in [5, 5.41) is 2.69. The van der Waals surface area contributed by atoms with Crippen LogP contribution >= 0.6 is 0 Å². The lowest BCUT2D eigenvalue weighted by Gasteiger charge is -2.32. The Morgan fingerprint density at radius 2 is 2.04 bits per heavy atom. The van der Waals surface area contributed by atoms with Gasteiger partial charge in [-0.15, -0.1) is 0 Å². The molecule has 132 valence electrons. The molecule has 1 aliphatic heterocycles. The minimum Gasteiger partial charge on any atom is -0.375 e. The van der Waals surface area contributed by atoms with E-state index in [4.69, 9.17) is 4.74 Å². The number of nitrogens with one attached hydrogen (secondary N) is 1. The number of pyridine rings is 1. The maximum absolute atomic E-state index is 12.3. The molecule has 1 N–H and O–H groups in total. The number of rotatable bonds is 5. The molecule has 2 aromatic rings. The lowest BCUT2D eigenvalue weighted by molar-refractivity contribution is -0.121. The predicted molar refractivity (Wildman–Crippen MR) is 96.4 cm³/mol. The van der Waals surface area contributed by atoms with Gasteiger partial charge < -0.3 is 14.6 Å². The van der Waals surface area contributed by atoms with E-state index in [1.807, 2.05) is 18.2 Å². The summed E-state index contributed by atoms with van der Waals surface area (Å²) in [5.74, 6) is -0.199. The lowest BCUT2D eigenvalue weighted by atomic mass is 10.1. The highest BCUT2D eigenvalue weighted by Gasteiger charge is 2.23. The van der Waals surface area contributed by atoms with E-state index in [9.17, 15) is 9.59 Å². The van der Waals surface area contributed by atoms with E-state index in [-0.39, 0.29) is 24.0 Å². The number of ether oxygens (including phenoxy) is 1. The summed E-state index contributed by atoms with van der Waals surface area (Å²) in [6.45, 7) is 3.01. The van der Waals surface area contributed by atoms with Crippen LogP contribution in [-0.4, -0.2) is 41.2 Å². The zero-order valence-corrected chi connectivity index (χ0v) is 14.4. The first-order valence-corrected chi connectivity index (χ1v) is 8.45. The van der Waals surface area contributed by atoms with Gasteiger partial charge in [0.2, 0.25) is 5.91 Å². The summed E-state index contributed by atoms with van der Waals surface area (Å²) in [6.07, 6.45) is 1.73. The number of amides is 1. The lowest BCUT2D eigenvalue weighted by Crippen LogP contribution is -2.43. The molecule has 6 nitrogen and oxygen atoms in total. The summed E-state index contributed by atoms with van der Waals surface area (Å²) in [5.41, 5.74) is 1.33. The van der Waals surface area contributed by atoms with Gasteiger partial charge in [-0.05, 0) is 17.7 Å². The number of aromatic nitrogens is 1. The van der Waals surface area contributed by atoms with Crippen molar-refractivity contribution in [2.24, 2.45) is 7.05 Å². The summed E-state index contributed by atoms with van der Waals surface area (Å²) >= 11 is 0. The monoisotopic (exact) mass is 341 g/mol. The zero-order valence-electron chi connectivity index (χ0n) is 14.4. The van der Waals surface area contributed by atoms with Crippen LogP contribution in [0.3, 0.4) is 0 Å². The van der Waals surface area contributed by atoms with Crippen LogP contribution in [0.15, 0.2) is 53.5 Å². The zero-order chi connectivity index (χ0) is 17.6. The van der Waals surface area contributed by atoms with Crippen LogP contribution in [0.1, 0.15) is 12.0 Å². The Bertz CT molecular complexity index is 773. The molecule has 0 aliphatic carbocycles. The molecule has 25 heavy (non-hydrogen) atoms. The van der Waals surface area contributed by atoms with Gasteiger partial charge in [0.1, 0.15) is 5.69 Å². The first kappa shape index (κ1) is 17.4. The molecule has 0 saturated carbocycles. The molecular formula is C19H23N3O3. The van der Waals surface area contributed by atoms with Gasteiger partial charge in [-0.3, -0.25) is 14.5 Å². The number of aryl methyl sites for hydroxylation is 1. The third-order valence-corrected chi connectivity index (χ3v) is 4.28. The molecule has 1 unspecified atom stereocenters. The van der Waals surface area contributed by atoms with Gasteiger partial charge in [0.15, 0.2) is 0 Å². The molecule has 0 radical (unpaired) electrons. The van der Waals surface area contributed by atoms with E-state index in [0.717, 1.165) is 13.1 Å². The molecule has 1 aliphatic rings. The molecule has 1 amide bonds. The first-order valence-electron chi connectivity index (χ1n) is 8.45. The number of hydrogen-bond donors (Lipinski definition) is 1. The summed E-state index contributed by atoms with van der Waals surface area (Å²) in [4.78, 5) is 26.5. The molecule has 1 atom stereocenters. The highest BCUT2D eigenvalue weighted by Crippen LogP contribution is 2.13. The van der Waals surface area contributed by atoms with Crippen LogP contribution in [0, 0.1) is 0 Å². The summed E-state index contributed by atoms with van der Waals surface area (Å²) in [6, 6.07) is 13.6. The predicted octanol–water partition coefficient (Wildman–Crippen LogP) is 1.61. The average molecular weight is 341 g/mol. The fourth-order valence-corrected chi connectivity index (χ4v) is 2.99. The van der Waals surface area contributed by atoms with E-state index in [1.165, 1.54) is 10.1 Å². The Balaban J connectivity index is 1.54. The number of carbonyl (C=O) groups excluding carboxylic acids is 1. The van der Waals surface area contributed by atoms with Gasteiger partial charge in [0.05, 0.1) is 19.1 Å². The van der Waals surface area contributed by atoms with E-state index in [1.54, 1.807) is 25.4 Å². The van der Waals surface area contributed by atoms with Gasteiger partial charge in [-0.1, -0.05) is 30.3 Å². The topological polar surface area (TPSA) is 63.6 Å². The van der Waals surface area contributed by atoms with Crippen LogP contribution in [0.4, 0.5) is 5.69 Å². The third kappa shape index (κ3) is 4.78. The van der Waals surface area contributed by atoms with Crippen molar-refractivity contribution in [3.8, 4) is 0 Å². The normalized spacial score (nSPS) is 18.0. The van der Waals surface area contributed by atoms with E-state index in [0.29, 0.717) is 18.8 Å². The van der Waals surface area contributed by atoms with Gasteiger partial charge in [-0.2, -0.15) is 0 Å². The van der Waals surface area contributed by atoms with Crippen molar-refractivity contribution >= 4 is 11.6 Å². The van der Waals surface area contributed by atoms with Gasteiger partial charge in [0, 0.05) is 32.9 Å². The quantitative estimate of drug-likeness (QED) is 0.898. The number of hydrogen-bond acceptors (Lipinski definition) is 4. The Morgan fingerprint density at radius 3 is 2.84 bits per heavy atom. The standard InChI is InChI=1S/C19H23N3O3/c1-21-9-5-8-17(19(21)24)20-18(23)12-16-14-22(10-11-25-16)13-15-6-3-2-4-7-15/h2-9,16H,10-14H2,1H3,(H,20,23). The van der Waals surface area contributed by atoms with Crippen molar-refractivity contribution in [1.82, 2.24) is 9.47 Å². The second kappa shape index (κ2) is 8.09. The van der Waals surface area contributed by atoms with Crippen LogP contribution in [0.2, 0.25) is 0 Å². The van der Waals surface area contributed by atoms with Crippen molar-refractivity contribution in [3.05, 3.63) is 64.6 Å². The Morgan fingerprint density at radius 1 is 1.24 bits per heavy atom. The smallest absolute Gasteiger partial charge is 0.274 e. The van der Waals surface area contributed by atoms with Gasteiger partial charge >= 0.3 is 0 Å². The van der Waals surface area contributed by atoms with E-state index in [2.05, 4.69) is 22.3 Å². The van der Waals surface area contributed by atoms with Crippen LogP contribution < -0.4 is 10.9 Å². The Kier molecular flexibility index (Phi) is 5.63. The van der Waals surface area contributed by atoms with Crippen molar-refractivity contribution in [2.45, 2.75) is 19.1 Å². The fraction of sp³-hybridized carbons (Fsp3) is 0.368. The molecule has 1 fully saturated rings. The Hall–Kier alpha value is -2.44. The second-order valence-electron chi connectivity index (χ2n) is 6.30. The third-order valence-electron chi connectivity index (χ3n) is 4.28. The number of benzene rings is 1. The second-order valence-corrected chi connectivity index (χ2v) is 6.30. The molecule has 3 rings (SSSR count). The molecular weight excluding hydrogens is 318 g/mol. The van der Waals surface area contributed by atoms with Crippen molar-refractivity contribution < 1.29 is 9.53 Å². The number of anilines is 1. The molecule has 1 saturated heterocycles. The largest absolute Gasteiger partial charge is 0.375 e.